The van der Waals surface area contributed by atoms with Gasteiger partial charge in [0.1, 0.15) is 12.3 Å². The fraction of sp³-hybridized carbons (Fsp3) is 0.379. The summed E-state index contributed by atoms with van der Waals surface area (Å²) in [6, 6.07) is 8.16. The number of rotatable bonds is 13. The Morgan fingerprint density at radius 1 is 0.841 bits per heavy atom. The zero-order chi connectivity index (χ0) is 32.5. The molecule has 3 amide bonds. The molecule has 0 aliphatic heterocycles. The Kier molecular flexibility index (Phi) is 11.5. The van der Waals surface area contributed by atoms with Gasteiger partial charge in [-0.1, -0.05) is 6.07 Å². The monoisotopic (exact) mass is 631 g/mol. The standard InChI is InChI=1S/C29H31F6N3O6/c1-41-12-10-38(27(40)36-22-15-20(28(30,31)32)14-21(16-22)29(33,34)35)18-26(39)37(17-23-5-4-11-44-23)9-8-19-6-7-24(42-2)25(13-19)43-3/h4-7,11,13-16H,8-10,12,17-18H2,1-3H3,(H,36,40). The second-order valence-corrected chi connectivity index (χ2v) is 9.47. The number of carbonyl (C=O) groups is 2. The van der Waals surface area contributed by atoms with Gasteiger partial charge in [-0.3, -0.25) is 4.79 Å². The van der Waals surface area contributed by atoms with Gasteiger partial charge < -0.3 is 33.7 Å². The number of ether oxygens (including phenoxy) is 3. The summed E-state index contributed by atoms with van der Waals surface area (Å²) in [5.74, 6) is 0.887. The minimum absolute atomic E-state index is 0.0292. The van der Waals surface area contributed by atoms with Crippen LogP contribution in [0.3, 0.4) is 0 Å². The zero-order valence-corrected chi connectivity index (χ0v) is 24.1. The lowest BCUT2D eigenvalue weighted by molar-refractivity contribution is -0.143. The molecule has 2 aromatic carbocycles. The van der Waals surface area contributed by atoms with Crippen LogP contribution in [-0.2, 0) is 34.8 Å². The Bertz CT molecular complexity index is 1360. The summed E-state index contributed by atoms with van der Waals surface area (Å²) < 4.78 is 101. The maximum Gasteiger partial charge on any atom is 0.416 e. The van der Waals surface area contributed by atoms with E-state index >= 15 is 0 Å². The molecule has 0 unspecified atom stereocenters. The summed E-state index contributed by atoms with van der Waals surface area (Å²) in [7, 11) is 4.30. The van der Waals surface area contributed by atoms with E-state index in [1.165, 1.54) is 32.5 Å². The van der Waals surface area contributed by atoms with Crippen molar-refractivity contribution in [3.63, 3.8) is 0 Å². The van der Waals surface area contributed by atoms with E-state index in [0.717, 1.165) is 10.5 Å². The van der Waals surface area contributed by atoms with Crippen molar-refractivity contribution >= 4 is 17.6 Å². The van der Waals surface area contributed by atoms with Gasteiger partial charge in [-0.2, -0.15) is 26.3 Å². The summed E-state index contributed by atoms with van der Waals surface area (Å²) >= 11 is 0. The molecule has 0 fully saturated rings. The minimum atomic E-state index is -5.10. The molecule has 3 aromatic rings. The number of hydrogen-bond donors (Lipinski definition) is 1. The zero-order valence-electron chi connectivity index (χ0n) is 24.1. The summed E-state index contributed by atoms with van der Waals surface area (Å²) in [6.07, 6.45) is -8.42. The third-order valence-corrected chi connectivity index (χ3v) is 6.42. The molecule has 240 valence electrons. The lowest BCUT2D eigenvalue weighted by atomic mass is 10.1. The van der Waals surface area contributed by atoms with E-state index in [2.05, 4.69) is 5.32 Å². The number of carbonyl (C=O) groups excluding carboxylic acids is 2. The maximum atomic E-state index is 13.5. The van der Waals surface area contributed by atoms with Gasteiger partial charge in [-0.05, 0) is 54.4 Å². The fourth-order valence-electron chi connectivity index (χ4n) is 4.13. The van der Waals surface area contributed by atoms with Gasteiger partial charge in [-0.25, -0.2) is 4.79 Å². The van der Waals surface area contributed by atoms with Gasteiger partial charge in [0.05, 0.1) is 44.8 Å². The number of nitrogens with zero attached hydrogens (tertiary/aromatic N) is 2. The predicted molar refractivity (Wildman–Crippen MR) is 146 cm³/mol. The van der Waals surface area contributed by atoms with E-state index in [1.54, 1.807) is 30.3 Å². The van der Waals surface area contributed by atoms with Gasteiger partial charge in [0.15, 0.2) is 11.5 Å². The molecular formula is C29H31F6N3O6. The fourth-order valence-corrected chi connectivity index (χ4v) is 4.13. The van der Waals surface area contributed by atoms with E-state index in [0.29, 0.717) is 35.8 Å². The molecular weight excluding hydrogens is 600 g/mol. The molecule has 3 rings (SSSR count). The Hall–Kier alpha value is -4.40. The molecule has 1 aromatic heterocycles. The van der Waals surface area contributed by atoms with Crippen LogP contribution >= 0.6 is 0 Å². The van der Waals surface area contributed by atoms with Gasteiger partial charge in [-0.15, -0.1) is 0 Å². The second-order valence-electron chi connectivity index (χ2n) is 9.47. The highest BCUT2D eigenvalue weighted by Gasteiger charge is 2.37. The molecule has 0 saturated heterocycles. The molecule has 0 aliphatic rings. The molecule has 0 spiro atoms. The molecule has 0 bridgehead atoms. The second kappa shape index (κ2) is 14.9. The first-order chi connectivity index (χ1) is 20.7. The Balaban J connectivity index is 1.82. The van der Waals surface area contributed by atoms with Crippen molar-refractivity contribution in [2.24, 2.45) is 0 Å². The third-order valence-electron chi connectivity index (χ3n) is 6.42. The van der Waals surface area contributed by atoms with E-state index in [-0.39, 0.29) is 32.3 Å². The SMILES string of the molecule is COCCN(CC(=O)N(CCc1ccc(OC)c(OC)c1)Cc1ccco1)C(=O)Nc1cc(C(F)(F)F)cc(C(F)(F)F)c1. The average Bonchev–Trinajstić information content (AvgIpc) is 3.49. The molecule has 9 nitrogen and oxygen atoms in total. The first-order valence-corrected chi connectivity index (χ1v) is 13.1. The van der Waals surface area contributed by atoms with Crippen molar-refractivity contribution in [2.45, 2.75) is 25.3 Å². The van der Waals surface area contributed by atoms with Crippen LogP contribution in [0.25, 0.3) is 0 Å². The number of hydrogen-bond acceptors (Lipinski definition) is 6. The predicted octanol–water partition coefficient (Wildman–Crippen LogP) is 6.09. The number of nitrogens with one attached hydrogen (secondary N) is 1. The summed E-state index contributed by atoms with van der Waals surface area (Å²) in [5.41, 5.74) is -3.13. The van der Waals surface area contributed by atoms with Crippen LogP contribution in [0, 0.1) is 0 Å². The Labute approximate surface area is 249 Å². The van der Waals surface area contributed by atoms with Crippen LogP contribution in [0.2, 0.25) is 0 Å². The largest absolute Gasteiger partial charge is 0.493 e. The lowest BCUT2D eigenvalue weighted by Crippen LogP contribution is -2.46. The van der Waals surface area contributed by atoms with E-state index in [4.69, 9.17) is 18.6 Å². The summed E-state index contributed by atoms with van der Waals surface area (Å²) in [5, 5.41) is 2.06. The van der Waals surface area contributed by atoms with Crippen LogP contribution in [-0.4, -0.2) is 69.3 Å². The first kappa shape index (κ1) is 34.1. The van der Waals surface area contributed by atoms with Gasteiger partial charge in [0.2, 0.25) is 5.91 Å². The van der Waals surface area contributed by atoms with Crippen molar-refractivity contribution in [1.29, 1.82) is 0 Å². The maximum absolute atomic E-state index is 13.5. The number of anilines is 1. The number of methoxy groups -OCH3 is 3. The van der Waals surface area contributed by atoms with Gasteiger partial charge in [0, 0.05) is 25.9 Å². The molecule has 44 heavy (non-hydrogen) atoms. The first-order valence-electron chi connectivity index (χ1n) is 13.1. The van der Waals surface area contributed by atoms with Gasteiger partial charge >= 0.3 is 18.4 Å². The molecule has 0 saturated carbocycles. The number of urea groups is 1. The van der Waals surface area contributed by atoms with Crippen molar-refractivity contribution in [1.82, 2.24) is 9.80 Å². The smallest absolute Gasteiger partial charge is 0.416 e. The van der Waals surface area contributed by atoms with Gasteiger partial charge in [0.25, 0.3) is 0 Å². The molecule has 0 radical (unpaired) electrons. The number of furan rings is 1. The third kappa shape index (κ3) is 9.56. The van der Waals surface area contributed by atoms with Crippen molar-refractivity contribution in [2.75, 3.05) is 52.9 Å². The quantitative estimate of drug-likeness (QED) is 0.230. The van der Waals surface area contributed by atoms with Crippen LogP contribution in [0.1, 0.15) is 22.5 Å². The minimum Gasteiger partial charge on any atom is -0.493 e. The Morgan fingerprint density at radius 2 is 1.50 bits per heavy atom. The number of amides is 3. The van der Waals surface area contributed by atoms with Crippen molar-refractivity contribution in [3.8, 4) is 11.5 Å². The topological polar surface area (TPSA) is 93.5 Å². The highest BCUT2D eigenvalue weighted by molar-refractivity contribution is 5.92. The molecule has 15 heteroatoms. The molecule has 1 heterocycles. The number of benzene rings is 2. The lowest BCUT2D eigenvalue weighted by Gasteiger charge is -2.27. The van der Waals surface area contributed by atoms with Crippen molar-refractivity contribution < 1.29 is 54.6 Å². The van der Waals surface area contributed by atoms with E-state index < -0.39 is 47.6 Å². The Morgan fingerprint density at radius 3 is 2.05 bits per heavy atom. The van der Waals surface area contributed by atoms with Crippen LogP contribution in [0.5, 0.6) is 11.5 Å². The molecule has 1 N–H and O–H groups in total. The highest BCUT2D eigenvalue weighted by Crippen LogP contribution is 2.37. The summed E-state index contributed by atoms with van der Waals surface area (Å²) in [6.45, 7) is -0.629. The molecule has 0 aliphatic carbocycles. The van der Waals surface area contributed by atoms with Crippen LogP contribution in [0.4, 0.5) is 36.8 Å². The van der Waals surface area contributed by atoms with Crippen molar-refractivity contribution in [3.05, 3.63) is 77.2 Å². The van der Waals surface area contributed by atoms with Crippen LogP contribution < -0.4 is 14.8 Å². The number of halogens is 6. The molecule has 0 atom stereocenters. The van der Waals surface area contributed by atoms with Crippen LogP contribution in [0.15, 0.2) is 59.2 Å². The summed E-state index contributed by atoms with van der Waals surface area (Å²) in [4.78, 5) is 28.9. The van der Waals surface area contributed by atoms with E-state index in [9.17, 15) is 35.9 Å². The van der Waals surface area contributed by atoms with E-state index in [1.807, 2.05) is 0 Å². The normalized spacial score (nSPS) is 11.7. The number of alkyl halides is 6. The average molecular weight is 632 g/mol. The highest BCUT2D eigenvalue weighted by atomic mass is 19.4.